The molecule has 1 fully saturated rings. The minimum atomic E-state index is -4.10. The Morgan fingerprint density at radius 3 is 2.20 bits per heavy atom. The summed E-state index contributed by atoms with van der Waals surface area (Å²) in [6.07, 6.45) is -4.10. The zero-order valence-corrected chi connectivity index (χ0v) is 5.33. The highest BCUT2D eigenvalue weighted by Gasteiger charge is 2.39. The van der Waals surface area contributed by atoms with Crippen molar-refractivity contribution >= 4 is 0 Å². The van der Waals surface area contributed by atoms with Crippen LogP contribution in [0.15, 0.2) is 0 Å². The third kappa shape index (κ3) is 1.85. The second kappa shape index (κ2) is 2.75. The maximum atomic E-state index is 11.8. The summed E-state index contributed by atoms with van der Waals surface area (Å²) in [5.74, 6) is 0. The van der Waals surface area contributed by atoms with Gasteiger partial charge in [-0.3, -0.25) is 0 Å². The van der Waals surface area contributed by atoms with E-state index in [1.807, 2.05) is 0 Å². The van der Waals surface area contributed by atoms with Crippen molar-refractivity contribution in [1.82, 2.24) is 10.6 Å². The maximum Gasteiger partial charge on any atom is 0.405 e. The monoisotopic (exact) mass is 154 g/mol. The van der Waals surface area contributed by atoms with Gasteiger partial charge in [0, 0.05) is 19.6 Å². The first-order valence-corrected chi connectivity index (χ1v) is 3.11. The molecule has 1 heterocycles. The van der Waals surface area contributed by atoms with Crippen molar-refractivity contribution in [3.05, 3.63) is 0 Å². The van der Waals surface area contributed by atoms with E-state index in [0.29, 0.717) is 13.1 Å². The molecule has 60 valence electrons. The zero-order valence-electron chi connectivity index (χ0n) is 5.33. The van der Waals surface area contributed by atoms with E-state index < -0.39 is 12.2 Å². The molecular formula is C5H9F3N2. The van der Waals surface area contributed by atoms with Gasteiger partial charge in [-0.05, 0) is 0 Å². The first-order chi connectivity index (χ1) is 4.61. The SMILES string of the molecule is FC(F)(F)[C@H]1CNCCN1. The number of hydrogen-bond donors (Lipinski definition) is 2. The highest BCUT2D eigenvalue weighted by atomic mass is 19.4. The van der Waals surface area contributed by atoms with Gasteiger partial charge in [0.15, 0.2) is 0 Å². The molecule has 0 saturated carbocycles. The first kappa shape index (κ1) is 7.81. The second-order valence-electron chi connectivity index (χ2n) is 2.25. The number of piperazine rings is 1. The van der Waals surface area contributed by atoms with Crippen molar-refractivity contribution in [1.29, 1.82) is 0 Å². The lowest BCUT2D eigenvalue weighted by Gasteiger charge is -2.26. The van der Waals surface area contributed by atoms with E-state index in [1.54, 1.807) is 0 Å². The molecule has 1 aliphatic heterocycles. The summed E-state index contributed by atoms with van der Waals surface area (Å²) >= 11 is 0. The van der Waals surface area contributed by atoms with Gasteiger partial charge in [0.2, 0.25) is 0 Å². The summed E-state index contributed by atoms with van der Waals surface area (Å²) in [5, 5.41) is 5.03. The summed E-state index contributed by atoms with van der Waals surface area (Å²) in [6, 6.07) is -1.36. The van der Waals surface area contributed by atoms with E-state index in [1.165, 1.54) is 0 Å². The number of nitrogens with one attached hydrogen (secondary N) is 2. The van der Waals surface area contributed by atoms with Crippen LogP contribution in [0.25, 0.3) is 0 Å². The summed E-state index contributed by atoms with van der Waals surface area (Å²) in [7, 11) is 0. The Morgan fingerprint density at radius 1 is 1.20 bits per heavy atom. The molecule has 5 heteroatoms. The molecule has 1 atom stereocenters. The molecule has 10 heavy (non-hydrogen) atoms. The van der Waals surface area contributed by atoms with Gasteiger partial charge >= 0.3 is 6.18 Å². The van der Waals surface area contributed by atoms with E-state index in [0.717, 1.165) is 0 Å². The fourth-order valence-corrected chi connectivity index (χ4v) is 0.885. The van der Waals surface area contributed by atoms with Crippen LogP contribution in [0.4, 0.5) is 13.2 Å². The maximum absolute atomic E-state index is 11.8. The molecule has 1 saturated heterocycles. The van der Waals surface area contributed by atoms with Gasteiger partial charge in [-0.1, -0.05) is 0 Å². The normalized spacial score (nSPS) is 28.5. The summed E-state index contributed by atoms with van der Waals surface area (Å²) < 4.78 is 35.5. The Kier molecular flexibility index (Phi) is 2.15. The molecule has 0 radical (unpaired) electrons. The number of halogens is 3. The fourth-order valence-electron chi connectivity index (χ4n) is 0.885. The standard InChI is InChI=1S/C5H9F3N2/c6-5(7,8)4-3-9-1-2-10-4/h4,9-10H,1-3H2/t4-/m1/s1. The van der Waals surface area contributed by atoms with Gasteiger partial charge in [-0.25, -0.2) is 0 Å². The van der Waals surface area contributed by atoms with E-state index in [4.69, 9.17) is 0 Å². The Hall–Kier alpha value is -0.290. The van der Waals surface area contributed by atoms with Crippen molar-refractivity contribution < 1.29 is 13.2 Å². The predicted octanol–water partition coefficient (Wildman–Crippen LogP) is 0.110. The Labute approximate surface area is 56.8 Å². The minimum absolute atomic E-state index is 0.0104. The van der Waals surface area contributed by atoms with Crippen molar-refractivity contribution in [3.63, 3.8) is 0 Å². The molecule has 0 aliphatic carbocycles. The van der Waals surface area contributed by atoms with Crippen LogP contribution in [0, 0.1) is 0 Å². The third-order valence-electron chi connectivity index (χ3n) is 1.44. The van der Waals surface area contributed by atoms with Crippen LogP contribution in [0.3, 0.4) is 0 Å². The average Bonchev–Trinajstić information content (AvgIpc) is 1.88. The van der Waals surface area contributed by atoms with Gasteiger partial charge in [-0.2, -0.15) is 13.2 Å². The molecule has 2 nitrogen and oxygen atoms in total. The Balaban J connectivity index is 2.39. The Morgan fingerprint density at radius 2 is 1.90 bits per heavy atom. The molecule has 0 aromatic carbocycles. The van der Waals surface area contributed by atoms with Crippen molar-refractivity contribution in [2.45, 2.75) is 12.2 Å². The van der Waals surface area contributed by atoms with Gasteiger partial charge in [0.1, 0.15) is 6.04 Å². The summed E-state index contributed by atoms with van der Waals surface area (Å²) in [5.41, 5.74) is 0. The van der Waals surface area contributed by atoms with Crippen LogP contribution in [-0.4, -0.2) is 31.9 Å². The lowest BCUT2D eigenvalue weighted by atomic mass is 10.2. The largest absolute Gasteiger partial charge is 0.405 e. The van der Waals surface area contributed by atoms with E-state index in [9.17, 15) is 13.2 Å². The molecule has 0 unspecified atom stereocenters. The van der Waals surface area contributed by atoms with E-state index >= 15 is 0 Å². The quantitative estimate of drug-likeness (QED) is 0.517. The first-order valence-electron chi connectivity index (χ1n) is 3.11. The van der Waals surface area contributed by atoms with Gasteiger partial charge in [0.25, 0.3) is 0 Å². The molecule has 1 aliphatic rings. The van der Waals surface area contributed by atoms with Crippen LogP contribution < -0.4 is 10.6 Å². The van der Waals surface area contributed by atoms with Crippen molar-refractivity contribution in [2.24, 2.45) is 0 Å². The van der Waals surface area contributed by atoms with Gasteiger partial charge in [-0.15, -0.1) is 0 Å². The minimum Gasteiger partial charge on any atom is -0.314 e. The van der Waals surface area contributed by atoms with Crippen molar-refractivity contribution in [2.75, 3.05) is 19.6 Å². The highest BCUT2D eigenvalue weighted by molar-refractivity contribution is 4.81. The second-order valence-corrected chi connectivity index (χ2v) is 2.25. The van der Waals surface area contributed by atoms with Crippen molar-refractivity contribution in [3.8, 4) is 0 Å². The smallest absolute Gasteiger partial charge is 0.314 e. The molecule has 0 amide bonds. The van der Waals surface area contributed by atoms with Gasteiger partial charge in [0.05, 0.1) is 0 Å². The Bertz CT molecular complexity index is 106. The van der Waals surface area contributed by atoms with Crippen LogP contribution in [0.2, 0.25) is 0 Å². The number of alkyl halides is 3. The third-order valence-corrected chi connectivity index (χ3v) is 1.44. The van der Waals surface area contributed by atoms with Crippen LogP contribution in [0.5, 0.6) is 0 Å². The zero-order chi connectivity index (χ0) is 7.61. The van der Waals surface area contributed by atoms with Crippen LogP contribution >= 0.6 is 0 Å². The highest BCUT2D eigenvalue weighted by Crippen LogP contribution is 2.19. The number of hydrogen-bond acceptors (Lipinski definition) is 2. The topological polar surface area (TPSA) is 24.1 Å². The average molecular weight is 154 g/mol. The molecule has 0 bridgehead atoms. The predicted molar refractivity (Wildman–Crippen MR) is 30.7 cm³/mol. The fraction of sp³-hybridized carbons (Fsp3) is 1.00. The lowest BCUT2D eigenvalue weighted by molar-refractivity contribution is -0.156. The van der Waals surface area contributed by atoms with E-state index in [-0.39, 0.29) is 6.54 Å². The molecular weight excluding hydrogens is 145 g/mol. The van der Waals surface area contributed by atoms with E-state index in [2.05, 4.69) is 10.6 Å². The molecule has 0 spiro atoms. The lowest BCUT2D eigenvalue weighted by Crippen LogP contribution is -2.55. The molecule has 0 aromatic rings. The molecule has 2 N–H and O–H groups in total. The summed E-state index contributed by atoms with van der Waals surface area (Å²) in [6.45, 7) is 1.00. The molecule has 1 rings (SSSR count). The van der Waals surface area contributed by atoms with Gasteiger partial charge < -0.3 is 10.6 Å². The van der Waals surface area contributed by atoms with Crippen LogP contribution in [-0.2, 0) is 0 Å². The summed E-state index contributed by atoms with van der Waals surface area (Å²) in [4.78, 5) is 0. The van der Waals surface area contributed by atoms with Crippen LogP contribution in [0.1, 0.15) is 0 Å². The number of rotatable bonds is 0. The molecule has 0 aromatic heterocycles.